The lowest BCUT2D eigenvalue weighted by molar-refractivity contribution is 0.0595. The van der Waals surface area contributed by atoms with Gasteiger partial charge in [-0.05, 0) is 57.1 Å². The Balaban J connectivity index is 2.74. The molecule has 2 unspecified atom stereocenters. The second kappa shape index (κ2) is 10.5. The van der Waals surface area contributed by atoms with Gasteiger partial charge in [-0.2, -0.15) is 0 Å². The van der Waals surface area contributed by atoms with Gasteiger partial charge in [0.25, 0.3) is 0 Å². The van der Waals surface area contributed by atoms with Crippen molar-refractivity contribution in [2.24, 2.45) is 5.92 Å². The molecule has 0 radical (unpaired) electrons. The lowest BCUT2D eigenvalue weighted by Crippen LogP contribution is -2.20. The average Bonchev–Trinajstić information content (AvgIpc) is 2.71. The van der Waals surface area contributed by atoms with Gasteiger partial charge < -0.3 is 14.2 Å². The molecular formula is C25H36O4. The normalized spacial score (nSPS) is 18.8. The zero-order valence-electron chi connectivity index (χ0n) is 18.9. The minimum Gasteiger partial charge on any atom is -0.496 e. The summed E-state index contributed by atoms with van der Waals surface area (Å²) < 4.78 is 16.8. The Kier molecular flexibility index (Phi) is 8.36. The molecule has 0 amide bonds. The summed E-state index contributed by atoms with van der Waals surface area (Å²) in [4.78, 5) is 12.8. The third kappa shape index (κ3) is 5.04. The van der Waals surface area contributed by atoms with E-state index in [1.165, 1.54) is 12.7 Å². The fraction of sp³-hybridized carbons (Fsp3) is 0.560. The van der Waals surface area contributed by atoms with Crippen LogP contribution in [0, 0.1) is 5.92 Å². The Bertz CT molecular complexity index is 776. The number of unbranched alkanes of at least 4 members (excludes halogenated alkanes) is 2. The molecule has 29 heavy (non-hydrogen) atoms. The summed E-state index contributed by atoms with van der Waals surface area (Å²) in [6.07, 6.45) is 8.37. The molecule has 0 aliphatic heterocycles. The summed E-state index contributed by atoms with van der Waals surface area (Å²) in [5.74, 6) is 1.31. The molecule has 1 aliphatic carbocycles. The molecule has 0 spiro atoms. The third-order valence-electron chi connectivity index (χ3n) is 5.94. The van der Waals surface area contributed by atoms with Gasteiger partial charge in [0.2, 0.25) is 0 Å². The third-order valence-corrected chi connectivity index (χ3v) is 5.94. The van der Waals surface area contributed by atoms with E-state index in [2.05, 4.69) is 33.4 Å². The van der Waals surface area contributed by atoms with Crippen molar-refractivity contribution < 1.29 is 19.0 Å². The van der Waals surface area contributed by atoms with E-state index in [9.17, 15) is 4.79 Å². The summed E-state index contributed by atoms with van der Waals surface area (Å²) in [5.41, 5.74) is 4.84. The number of carbonyl (C=O) groups is 1. The summed E-state index contributed by atoms with van der Waals surface area (Å²) in [6, 6.07) is 2.01. The van der Waals surface area contributed by atoms with Crippen LogP contribution in [0.1, 0.15) is 80.3 Å². The van der Waals surface area contributed by atoms with E-state index >= 15 is 0 Å². The van der Waals surface area contributed by atoms with Crippen molar-refractivity contribution in [3.63, 3.8) is 0 Å². The lowest BCUT2D eigenvalue weighted by Gasteiger charge is -2.33. The van der Waals surface area contributed by atoms with Gasteiger partial charge in [-0.1, -0.05) is 43.6 Å². The molecule has 0 aromatic heterocycles. The Labute approximate surface area is 175 Å². The first-order valence-corrected chi connectivity index (χ1v) is 10.6. The van der Waals surface area contributed by atoms with Crippen molar-refractivity contribution in [1.29, 1.82) is 0 Å². The number of allylic oxidation sites excluding steroid dienone is 3. The average molecular weight is 401 g/mol. The number of hydrogen-bond acceptors (Lipinski definition) is 4. The molecule has 160 valence electrons. The zero-order chi connectivity index (χ0) is 21.6. The predicted molar refractivity (Wildman–Crippen MR) is 118 cm³/mol. The minimum absolute atomic E-state index is 0.0549. The Morgan fingerprint density at radius 1 is 1.21 bits per heavy atom. The molecule has 1 aromatic rings. The van der Waals surface area contributed by atoms with Gasteiger partial charge in [0.15, 0.2) is 0 Å². The topological polar surface area (TPSA) is 44.8 Å². The van der Waals surface area contributed by atoms with Crippen molar-refractivity contribution >= 4 is 5.97 Å². The van der Waals surface area contributed by atoms with Gasteiger partial charge in [-0.3, -0.25) is 0 Å². The molecule has 1 aromatic carbocycles. The van der Waals surface area contributed by atoms with Gasteiger partial charge in [0.05, 0.1) is 21.3 Å². The molecular weight excluding hydrogens is 364 g/mol. The van der Waals surface area contributed by atoms with E-state index in [1.54, 1.807) is 14.2 Å². The Morgan fingerprint density at radius 3 is 2.48 bits per heavy atom. The minimum atomic E-state index is -0.361. The number of ether oxygens (including phenoxy) is 3. The first-order valence-electron chi connectivity index (χ1n) is 10.6. The summed E-state index contributed by atoms with van der Waals surface area (Å²) in [6.45, 7) is 10.6. The number of rotatable bonds is 9. The maximum Gasteiger partial charge on any atom is 0.341 e. The lowest BCUT2D eigenvalue weighted by atomic mass is 9.73. The van der Waals surface area contributed by atoms with Crippen LogP contribution in [0.5, 0.6) is 11.5 Å². The summed E-state index contributed by atoms with van der Waals surface area (Å²) in [5, 5.41) is 0. The number of methoxy groups -OCH3 is 3. The SMILES string of the molecule is C=C(C)C1CCC(C)=CC1c1c(OC)cc(CCCCC)c(C(=O)OC)c1OC. The molecule has 0 fully saturated rings. The van der Waals surface area contributed by atoms with Gasteiger partial charge in [0, 0.05) is 11.5 Å². The standard InChI is InChI=1S/C25H36O4/c1-8-9-10-11-18-15-21(27-5)23(24(28-6)22(18)25(26)29-7)20-14-17(4)12-13-19(20)16(2)3/h14-15,19-20H,2,8-13H2,1,3-7H3. The zero-order valence-corrected chi connectivity index (χ0v) is 18.9. The monoisotopic (exact) mass is 400 g/mol. The van der Waals surface area contributed by atoms with Crippen LogP contribution in [0.3, 0.4) is 0 Å². The predicted octanol–water partition coefficient (Wildman–Crippen LogP) is 6.24. The van der Waals surface area contributed by atoms with Crippen LogP contribution in [0.2, 0.25) is 0 Å². The van der Waals surface area contributed by atoms with Gasteiger partial charge in [-0.15, -0.1) is 0 Å². The van der Waals surface area contributed by atoms with Crippen molar-refractivity contribution in [2.45, 2.75) is 65.2 Å². The molecule has 0 N–H and O–H groups in total. The number of aryl methyl sites for hydroxylation is 1. The number of hydrogen-bond donors (Lipinski definition) is 0. The number of benzene rings is 1. The van der Waals surface area contributed by atoms with E-state index in [4.69, 9.17) is 14.2 Å². The highest BCUT2D eigenvalue weighted by atomic mass is 16.5. The second-order valence-electron chi connectivity index (χ2n) is 8.04. The van der Waals surface area contributed by atoms with E-state index in [0.29, 0.717) is 11.3 Å². The Hall–Kier alpha value is -2.23. The molecule has 1 aliphatic rings. The highest BCUT2D eigenvalue weighted by molar-refractivity contribution is 5.95. The highest BCUT2D eigenvalue weighted by Gasteiger charge is 2.34. The first kappa shape index (κ1) is 23.1. The summed E-state index contributed by atoms with van der Waals surface area (Å²) >= 11 is 0. The van der Waals surface area contributed by atoms with E-state index in [-0.39, 0.29) is 17.8 Å². The van der Waals surface area contributed by atoms with E-state index in [1.807, 2.05) is 6.07 Å². The van der Waals surface area contributed by atoms with Crippen molar-refractivity contribution in [3.8, 4) is 11.5 Å². The molecule has 0 bridgehead atoms. The van der Waals surface area contributed by atoms with Crippen LogP contribution >= 0.6 is 0 Å². The molecule has 4 heteroatoms. The van der Waals surface area contributed by atoms with Gasteiger partial charge >= 0.3 is 5.97 Å². The van der Waals surface area contributed by atoms with E-state index in [0.717, 1.165) is 61.0 Å². The molecule has 4 nitrogen and oxygen atoms in total. The maximum atomic E-state index is 12.8. The maximum absolute atomic E-state index is 12.8. The largest absolute Gasteiger partial charge is 0.496 e. The smallest absolute Gasteiger partial charge is 0.341 e. The van der Waals surface area contributed by atoms with Gasteiger partial charge in [-0.25, -0.2) is 4.79 Å². The summed E-state index contributed by atoms with van der Waals surface area (Å²) in [7, 11) is 4.72. The van der Waals surface area contributed by atoms with Crippen LogP contribution in [0.4, 0.5) is 0 Å². The molecule has 0 saturated carbocycles. The van der Waals surface area contributed by atoms with Gasteiger partial charge in [0.1, 0.15) is 17.1 Å². The highest BCUT2D eigenvalue weighted by Crippen LogP contribution is 2.48. The number of carbonyl (C=O) groups excluding carboxylic acids is 1. The van der Waals surface area contributed by atoms with Crippen molar-refractivity contribution in [2.75, 3.05) is 21.3 Å². The quantitative estimate of drug-likeness (QED) is 0.280. The Morgan fingerprint density at radius 2 is 1.93 bits per heavy atom. The van der Waals surface area contributed by atoms with Crippen molar-refractivity contribution in [3.05, 3.63) is 46.6 Å². The van der Waals surface area contributed by atoms with Crippen LogP contribution in [0.15, 0.2) is 29.9 Å². The van der Waals surface area contributed by atoms with Crippen LogP contribution in [-0.4, -0.2) is 27.3 Å². The molecule has 0 saturated heterocycles. The second-order valence-corrected chi connectivity index (χ2v) is 8.04. The molecule has 2 rings (SSSR count). The van der Waals surface area contributed by atoms with Crippen LogP contribution < -0.4 is 9.47 Å². The fourth-order valence-corrected chi connectivity index (χ4v) is 4.39. The molecule has 2 atom stereocenters. The van der Waals surface area contributed by atoms with Crippen LogP contribution in [-0.2, 0) is 11.2 Å². The fourth-order valence-electron chi connectivity index (χ4n) is 4.39. The van der Waals surface area contributed by atoms with Crippen molar-refractivity contribution in [1.82, 2.24) is 0 Å². The molecule has 0 heterocycles. The van der Waals surface area contributed by atoms with Crippen LogP contribution in [0.25, 0.3) is 0 Å². The first-order chi connectivity index (χ1) is 13.9. The number of esters is 1. The van der Waals surface area contributed by atoms with E-state index < -0.39 is 0 Å².